The maximum Gasteiger partial charge on any atom is 0.251 e. The molecule has 0 unspecified atom stereocenters. The van der Waals surface area contributed by atoms with Crippen molar-refractivity contribution < 1.29 is 14.3 Å². The van der Waals surface area contributed by atoms with E-state index in [1.54, 1.807) is 12.1 Å². The van der Waals surface area contributed by atoms with Crippen LogP contribution in [-0.4, -0.2) is 50.7 Å². The van der Waals surface area contributed by atoms with Gasteiger partial charge in [-0.2, -0.15) is 0 Å². The van der Waals surface area contributed by atoms with Gasteiger partial charge >= 0.3 is 0 Å². The molecule has 0 aromatic heterocycles. The Labute approximate surface area is 150 Å². The van der Waals surface area contributed by atoms with Crippen molar-refractivity contribution in [3.63, 3.8) is 0 Å². The lowest BCUT2D eigenvalue weighted by molar-refractivity contribution is 0.0921. The van der Waals surface area contributed by atoms with Crippen LogP contribution in [0, 0.1) is 5.92 Å². The van der Waals surface area contributed by atoms with E-state index in [-0.39, 0.29) is 5.91 Å². The van der Waals surface area contributed by atoms with Gasteiger partial charge < -0.3 is 14.8 Å². The summed E-state index contributed by atoms with van der Waals surface area (Å²) in [7, 11) is 3.03. The van der Waals surface area contributed by atoms with Crippen LogP contribution in [0.5, 0.6) is 11.5 Å². The van der Waals surface area contributed by atoms with Gasteiger partial charge in [-0.05, 0) is 31.1 Å². The minimum absolute atomic E-state index is 0.171. The van der Waals surface area contributed by atoms with Crippen molar-refractivity contribution in [1.29, 1.82) is 0 Å². The fourth-order valence-corrected chi connectivity index (χ4v) is 3.12. The van der Waals surface area contributed by atoms with E-state index in [1.165, 1.54) is 14.2 Å². The Morgan fingerprint density at radius 1 is 1.21 bits per heavy atom. The summed E-state index contributed by atoms with van der Waals surface area (Å²) in [4.78, 5) is 14.9. The Hall–Kier alpha value is -1.46. The highest BCUT2D eigenvalue weighted by Crippen LogP contribution is 2.35. The summed E-state index contributed by atoms with van der Waals surface area (Å²) in [6.45, 7) is 11.1. The van der Waals surface area contributed by atoms with Crippen molar-refractivity contribution in [3.05, 3.63) is 22.7 Å². The summed E-state index contributed by atoms with van der Waals surface area (Å²) in [5, 5.41) is 3.36. The van der Waals surface area contributed by atoms with E-state index >= 15 is 0 Å². The second-order valence-electron chi connectivity index (χ2n) is 5.94. The second-order valence-corrected chi connectivity index (χ2v) is 6.34. The van der Waals surface area contributed by atoms with Gasteiger partial charge in [-0.1, -0.05) is 39.3 Å². The molecule has 0 fully saturated rings. The molecule has 1 N–H and O–H groups in total. The number of nitrogens with one attached hydrogen (secondary N) is 1. The second kappa shape index (κ2) is 9.74. The highest BCUT2D eigenvalue weighted by Gasteiger charge is 2.21. The average Bonchev–Trinajstić information content (AvgIpc) is 2.56. The van der Waals surface area contributed by atoms with Crippen molar-refractivity contribution >= 4 is 17.5 Å². The quantitative estimate of drug-likeness (QED) is 0.736. The van der Waals surface area contributed by atoms with Crippen LogP contribution < -0.4 is 14.8 Å². The molecule has 0 heterocycles. The number of benzene rings is 1. The zero-order valence-corrected chi connectivity index (χ0v) is 16.2. The summed E-state index contributed by atoms with van der Waals surface area (Å²) in [5.74, 6) is 1.15. The lowest BCUT2D eigenvalue weighted by Gasteiger charge is -2.32. The van der Waals surface area contributed by atoms with E-state index in [9.17, 15) is 4.79 Å². The Kier molecular flexibility index (Phi) is 8.36. The third kappa shape index (κ3) is 5.02. The number of methoxy groups -OCH3 is 2. The summed E-state index contributed by atoms with van der Waals surface area (Å²) >= 11 is 6.17. The fourth-order valence-electron chi connectivity index (χ4n) is 2.83. The van der Waals surface area contributed by atoms with E-state index < -0.39 is 0 Å². The molecule has 0 aliphatic rings. The number of carbonyl (C=O) groups is 1. The van der Waals surface area contributed by atoms with Crippen LogP contribution in [0.15, 0.2) is 12.1 Å². The molecule has 0 saturated heterocycles. The lowest BCUT2D eigenvalue weighted by Crippen LogP contribution is -2.46. The van der Waals surface area contributed by atoms with Crippen LogP contribution in [0.2, 0.25) is 5.02 Å². The molecule has 1 aromatic carbocycles. The normalized spacial score (nSPS) is 12.4. The number of halogens is 1. The molecule has 0 aliphatic carbocycles. The summed E-state index contributed by atoms with van der Waals surface area (Å²) in [5.41, 5.74) is 0.458. The highest BCUT2D eigenvalue weighted by atomic mass is 35.5. The minimum Gasteiger partial charge on any atom is -0.493 e. The number of hydrogen-bond acceptors (Lipinski definition) is 4. The van der Waals surface area contributed by atoms with Crippen LogP contribution in [-0.2, 0) is 0 Å². The first-order valence-corrected chi connectivity index (χ1v) is 8.71. The molecule has 0 aliphatic heterocycles. The molecule has 0 spiro atoms. The predicted octanol–water partition coefficient (Wildman–Crippen LogP) is 3.45. The maximum atomic E-state index is 12.5. The smallest absolute Gasteiger partial charge is 0.251 e. The number of carbonyl (C=O) groups excluding carboxylic acids is 1. The molecule has 6 heteroatoms. The van der Waals surface area contributed by atoms with Gasteiger partial charge in [0.2, 0.25) is 0 Å². The third-order valence-corrected chi connectivity index (χ3v) is 4.50. The number of nitrogens with zero attached hydrogens (tertiary/aromatic N) is 1. The molecule has 1 rings (SSSR count). The molecule has 24 heavy (non-hydrogen) atoms. The predicted molar refractivity (Wildman–Crippen MR) is 98.4 cm³/mol. The summed E-state index contributed by atoms with van der Waals surface area (Å²) in [6, 6.07) is 3.53. The molecule has 5 nitrogen and oxygen atoms in total. The van der Waals surface area contributed by atoms with Crippen LogP contribution >= 0.6 is 11.6 Å². The standard InChI is InChI=1S/C18H29ClN2O3/c1-7-21(8-2)15(12(3)4)11-20-18(22)13-9-14(19)17(24-6)16(10-13)23-5/h9-10,12,15H,7-8,11H2,1-6H3,(H,20,22)/t15-/m1/s1. The van der Waals surface area contributed by atoms with Gasteiger partial charge in [0.25, 0.3) is 5.91 Å². The Morgan fingerprint density at radius 3 is 2.29 bits per heavy atom. The van der Waals surface area contributed by atoms with E-state index in [0.29, 0.717) is 40.6 Å². The number of hydrogen-bond donors (Lipinski definition) is 1. The molecule has 1 amide bonds. The molecule has 0 saturated carbocycles. The van der Waals surface area contributed by atoms with Crippen molar-refractivity contribution in [2.75, 3.05) is 33.9 Å². The fraction of sp³-hybridized carbons (Fsp3) is 0.611. The van der Waals surface area contributed by atoms with Gasteiger partial charge in [0, 0.05) is 18.2 Å². The van der Waals surface area contributed by atoms with Crippen LogP contribution in [0.1, 0.15) is 38.1 Å². The first-order chi connectivity index (χ1) is 11.4. The summed E-state index contributed by atoms with van der Waals surface area (Å²) in [6.07, 6.45) is 0. The minimum atomic E-state index is -0.171. The third-order valence-electron chi connectivity index (χ3n) is 4.22. The number of rotatable bonds is 9. The number of amides is 1. The van der Waals surface area contributed by atoms with Gasteiger partial charge in [-0.15, -0.1) is 0 Å². The zero-order chi connectivity index (χ0) is 18.3. The average molecular weight is 357 g/mol. The SMILES string of the molecule is CCN(CC)[C@H](CNC(=O)c1cc(Cl)c(OC)c(OC)c1)C(C)C. The maximum absolute atomic E-state index is 12.5. The molecule has 0 bridgehead atoms. The van der Waals surface area contributed by atoms with Gasteiger partial charge in [0.15, 0.2) is 11.5 Å². The van der Waals surface area contributed by atoms with E-state index in [2.05, 4.69) is 37.9 Å². The van der Waals surface area contributed by atoms with Crippen molar-refractivity contribution in [3.8, 4) is 11.5 Å². The van der Waals surface area contributed by atoms with Gasteiger partial charge in [0.1, 0.15) is 0 Å². The van der Waals surface area contributed by atoms with Crippen LogP contribution in [0.4, 0.5) is 0 Å². The van der Waals surface area contributed by atoms with Crippen molar-refractivity contribution in [1.82, 2.24) is 10.2 Å². The Morgan fingerprint density at radius 2 is 1.83 bits per heavy atom. The molecule has 0 radical (unpaired) electrons. The van der Waals surface area contributed by atoms with E-state index in [0.717, 1.165) is 13.1 Å². The van der Waals surface area contributed by atoms with Gasteiger partial charge in [-0.25, -0.2) is 0 Å². The summed E-state index contributed by atoms with van der Waals surface area (Å²) < 4.78 is 10.4. The largest absolute Gasteiger partial charge is 0.493 e. The van der Waals surface area contributed by atoms with Crippen molar-refractivity contribution in [2.45, 2.75) is 33.7 Å². The highest BCUT2D eigenvalue weighted by molar-refractivity contribution is 6.32. The number of likely N-dealkylation sites (N-methyl/N-ethyl adjacent to an activating group) is 1. The topological polar surface area (TPSA) is 50.8 Å². The molecular weight excluding hydrogens is 328 g/mol. The Balaban J connectivity index is 2.89. The van der Waals surface area contributed by atoms with Crippen molar-refractivity contribution in [2.24, 2.45) is 5.92 Å². The lowest BCUT2D eigenvalue weighted by atomic mass is 10.0. The van der Waals surface area contributed by atoms with E-state index in [1.807, 2.05) is 0 Å². The molecular formula is C18H29ClN2O3. The number of ether oxygens (including phenoxy) is 2. The zero-order valence-electron chi connectivity index (χ0n) is 15.5. The Bertz CT molecular complexity index is 545. The van der Waals surface area contributed by atoms with E-state index in [4.69, 9.17) is 21.1 Å². The van der Waals surface area contributed by atoms with Crippen LogP contribution in [0.25, 0.3) is 0 Å². The molecule has 136 valence electrons. The van der Waals surface area contributed by atoms with Crippen LogP contribution in [0.3, 0.4) is 0 Å². The monoisotopic (exact) mass is 356 g/mol. The molecule has 1 atom stereocenters. The van der Waals surface area contributed by atoms with Gasteiger partial charge in [-0.3, -0.25) is 9.69 Å². The first-order valence-electron chi connectivity index (χ1n) is 8.33. The molecule has 1 aromatic rings. The first kappa shape index (κ1) is 20.6. The van der Waals surface area contributed by atoms with Gasteiger partial charge in [0.05, 0.1) is 19.2 Å².